The van der Waals surface area contributed by atoms with Crippen LogP contribution >= 0.6 is 34.8 Å². The van der Waals surface area contributed by atoms with Gasteiger partial charge in [0.15, 0.2) is 0 Å². The third-order valence-electron chi connectivity index (χ3n) is 0.966. The normalized spacial score (nSPS) is 14.3. The standard InChI is InChI=1S/C5H7Cl3O3/c1-11-4(10)2-3(9)5(6,7)8/h3,9H,2H2,1H3. The number of carbonyl (C=O) groups is 1. The molecule has 0 spiro atoms. The van der Waals surface area contributed by atoms with Gasteiger partial charge in [-0.2, -0.15) is 0 Å². The average molecular weight is 221 g/mol. The predicted octanol–water partition coefficient (Wildman–Crippen LogP) is 1.28. The van der Waals surface area contributed by atoms with E-state index >= 15 is 0 Å². The molecule has 0 aromatic rings. The van der Waals surface area contributed by atoms with Crippen molar-refractivity contribution in [3.63, 3.8) is 0 Å². The van der Waals surface area contributed by atoms with E-state index in [-0.39, 0.29) is 6.42 Å². The second kappa shape index (κ2) is 4.36. The lowest BCUT2D eigenvalue weighted by molar-refractivity contribution is -0.142. The Bertz CT molecular complexity index is 142. The summed E-state index contributed by atoms with van der Waals surface area (Å²) < 4.78 is 2.40. The van der Waals surface area contributed by atoms with Crippen LogP contribution in [-0.2, 0) is 9.53 Å². The van der Waals surface area contributed by atoms with E-state index in [2.05, 4.69) is 4.74 Å². The molecule has 0 amide bonds. The summed E-state index contributed by atoms with van der Waals surface area (Å²) >= 11 is 15.8. The SMILES string of the molecule is COC(=O)CC(O)C(Cl)(Cl)Cl. The second-order valence-corrected chi connectivity index (χ2v) is 4.21. The first-order valence-corrected chi connectivity index (χ1v) is 3.83. The molecule has 0 saturated carbocycles. The number of carbonyl (C=O) groups excluding carboxylic acids is 1. The second-order valence-electron chi connectivity index (χ2n) is 1.84. The van der Waals surface area contributed by atoms with Crippen molar-refractivity contribution in [1.29, 1.82) is 0 Å². The molecule has 0 bridgehead atoms. The van der Waals surface area contributed by atoms with Gasteiger partial charge in [-0.25, -0.2) is 0 Å². The molecule has 0 aliphatic carbocycles. The molecule has 0 aliphatic rings. The molecule has 1 N–H and O–H groups in total. The maximum absolute atomic E-state index is 10.5. The molecule has 0 aromatic heterocycles. The first kappa shape index (κ1) is 11.3. The molecule has 0 heterocycles. The molecule has 11 heavy (non-hydrogen) atoms. The molecular formula is C5H7Cl3O3. The van der Waals surface area contributed by atoms with Crippen LogP contribution in [0.4, 0.5) is 0 Å². The fourth-order valence-electron chi connectivity index (χ4n) is 0.357. The largest absolute Gasteiger partial charge is 0.469 e. The molecular weight excluding hydrogens is 214 g/mol. The van der Waals surface area contributed by atoms with Crippen molar-refractivity contribution in [2.24, 2.45) is 0 Å². The number of aliphatic hydroxyl groups is 1. The molecule has 6 heteroatoms. The van der Waals surface area contributed by atoms with E-state index in [9.17, 15) is 4.79 Å². The van der Waals surface area contributed by atoms with Crippen molar-refractivity contribution < 1.29 is 14.6 Å². The van der Waals surface area contributed by atoms with Crippen LogP contribution in [0.2, 0.25) is 0 Å². The zero-order valence-corrected chi connectivity index (χ0v) is 7.95. The summed E-state index contributed by atoms with van der Waals surface area (Å²) in [5.74, 6) is -0.621. The lowest BCUT2D eigenvalue weighted by Crippen LogP contribution is -2.28. The topological polar surface area (TPSA) is 46.5 Å². The minimum Gasteiger partial charge on any atom is -0.469 e. The summed E-state index contributed by atoms with van der Waals surface area (Å²) in [4.78, 5) is 10.5. The van der Waals surface area contributed by atoms with E-state index in [0.717, 1.165) is 0 Å². The number of methoxy groups -OCH3 is 1. The molecule has 1 atom stereocenters. The van der Waals surface area contributed by atoms with Gasteiger partial charge in [-0.3, -0.25) is 4.79 Å². The van der Waals surface area contributed by atoms with E-state index in [1.807, 2.05) is 0 Å². The van der Waals surface area contributed by atoms with E-state index in [0.29, 0.717) is 0 Å². The number of alkyl halides is 3. The van der Waals surface area contributed by atoms with Crippen molar-refractivity contribution in [2.45, 2.75) is 16.3 Å². The minimum atomic E-state index is -1.84. The zero-order valence-electron chi connectivity index (χ0n) is 5.68. The van der Waals surface area contributed by atoms with Gasteiger partial charge in [0.25, 0.3) is 0 Å². The van der Waals surface area contributed by atoms with Gasteiger partial charge in [-0.05, 0) is 0 Å². The number of hydrogen-bond acceptors (Lipinski definition) is 3. The highest BCUT2D eigenvalue weighted by Crippen LogP contribution is 2.31. The molecule has 3 nitrogen and oxygen atoms in total. The van der Waals surface area contributed by atoms with Gasteiger partial charge < -0.3 is 9.84 Å². The van der Waals surface area contributed by atoms with E-state index < -0.39 is 15.9 Å². The van der Waals surface area contributed by atoms with E-state index in [1.165, 1.54) is 7.11 Å². The molecule has 1 unspecified atom stereocenters. The Morgan fingerprint density at radius 3 is 2.36 bits per heavy atom. The van der Waals surface area contributed by atoms with Crippen LogP contribution in [0.25, 0.3) is 0 Å². The zero-order chi connectivity index (χ0) is 9.07. The summed E-state index contributed by atoms with van der Waals surface area (Å²) in [7, 11) is 1.19. The number of halogens is 3. The van der Waals surface area contributed by atoms with Gasteiger partial charge in [0.2, 0.25) is 3.79 Å². The van der Waals surface area contributed by atoms with Gasteiger partial charge in [0.05, 0.1) is 13.5 Å². The lowest BCUT2D eigenvalue weighted by atomic mass is 10.3. The summed E-state index contributed by atoms with van der Waals surface area (Å²) in [6.07, 6.45) is -1.66. The fraction of sp³-hybridized carbons (Fsp3) is 0.800. The monoisotopic (exact) mass is 220 g/mol. The quantitative estimate of drug-likeness (QED) is 0.564. The first-order valence-electron chi connectivity index (χ1n) is 2.69. The maximum atomic E-state index is 10.5. The Labute approximate surface area is 79.2 Å². The van der Waals surface area contributed by atoms with Crippen LogP contribution < -0.4 is 0 Å². The lowest BCUT2D eigenvalue weighted by Gasteiger charge is -2.16. The smallest absolute Gasteiger partial charge is 0.308 e. The Balaban J connectivity index is 3.87. The minimum absolute atomic E-state index is 0.326. The van der Waals surface area contributed by atoms with Gasteiger partial charge in [-0.15, -0.1) is 0 Å². The van der Waals surface area contributed by atoms with Gasteiger partial charge in [-0.1, -0.05) is 34.8 Å². The summed E-state index contributed by atoms with van der Waals surface area (Å²) in [6, 6.07) is 0. The van der Waals surface area contributed by atoms with Crippen LogP contribution in [0.1, 0.15) is 6.42 Å². The summed E-state index contributed by atoms with van der Waals surface area (Å²) in [5, 5.41) is 8.99. The Morgan fingerprint density at radius 2 is 2.09 bits per heavy atom. The highest BCUT2D eigenvalue weighted by molar-refractivity contribution is 6.68. The van der Waals surface area contributed by atoms with E-state index in [4.69, 9.17) is 39.9 Å². The van der Waals surface area contributed by atoms with Crippen LogP contribution in [0.5, 0.6) is 0 Å². The summed E-state index contributed by atoms with van der Waals surface area (Å²) in [5.41, 5.74) is 0. The number of rotatable bonds is 2. The number of hydrogen-bond donors (Lipinski definition) is 1. The van der Waals surface area contributed by atoms with Crippen LogP contribution in [0, 0.1) is 0 Å². The molecule has 0 radical (unpaired) electrons. The van der Waals surface area contributed by atoms with Crippen molar-refractivity contribution in [3.8, 4) is 0 Å². The van der Waals surface area contributed by atoms with Crippen LogP contribution in [0.15, 0.2) is 0 Å². The number of aliphatic hydroxyl groups excluding tert-OH is 1. The highest BCUT2D eigenvalue weighted by Gasteiger charge is 2.32. The Kier molecular flexibility index (Phi) is 4.48. The molecule has 66 valence electrons. The molecule has 0 aliphatic heterocycles. The number of ether oxygens (including phenoxy) is 1. The van der Waals surface area contributed by atoms with Gasteiger partial charge >= 0.3 is 5.97 Å². The highest BCUT2D eigenvalue weighted by atomic mass is 35.6. The van der Waals surface area contributed by atoms with Gasteiger partial charge in [0.1, 0.15) is 6.10 Å². The third-order valence-corrected chi connectivity index (χ3v) is 1.72. The Morgan fingerprint density at radius 1 is 1.64 bits per heavy atom. The first-order chi connectivity index (χ1) is 4.88. The molecule has 0 fully saturated rings. The van der Waals surface area contributed by atoms with Crippen molar-refractivity contribution in [3.05, 3.63) is 0 Å². The van der Waals surface area contributed by atoms with Crippen molar-refractivity contribution in [2.75, 3.05) is 7.11 Å². The number of esters is 1. The molecule has 0 saturated heterocycles. The Hall–Kier alpha value is 0.300. The van der Waals surface area contributed by atoms with Crippen LogP contribution in [0.3, 0.4) is 0 Å². The fourth-order valence-corrected chi connectivity index (χ4v) is 0.588. The third kappa shape index (κ3) is 4.69. The van der Waals surface area contributed by atoms with Gasteiger partial charge in [0, 0.05) is 0 Å². The van der Waals surface area contributed by atoms with Crippen molar-refractivity contribution >= 4 is 40.8 Å². The molecule has 0 aromatic carbocycles. The molecule has 0 rings (SSSR count). The van der Waals surface area contributed by atoms with E-state index in [1.54, 1.807) is 0 Å². The summed E-state index contributed by atoms with van der Waals surface area (Å²) in [6.45, 7) is 0. The predicted molar refractivity (Wildman–Crippen MR) is 42.9 cm³/mol. The van der Waals surface area contributed by atoms with Crippen molar-refractivity contribution in [1.82, 2.24) is 0 Å². The van der Waals surface area contributed by atoms with Crippen LogP contribution in [-0.4, -0.2) is 28.1 Å². The maximum Gasteiger partial charge on any atom is 0.308 e. The average Bonchev–Trinajstić information content (AvgIpc) is 1.85.